The first kappa shape index (κ1) is 12.6. The lowest BCUT2D eigenvalue weighted by molar-refractivity contribution is -0.120. The van der Waals surface area contributed by atoms with E-state index >= 15 is 0 Å². The quantitative estimate of drug-likeness (QED) is 0.687. The van der Waals surface area contributed by atoms with Gasteiger partial charge in [-0.2, -0.15) is 0 Å². The highest BCUT2D eigenvalue weighted by molar-refractivity contribution is 6.04. The Hall–Kier alpha value is -3.10. The number of anilines is 1. The third kappa shape index (κ3) is 1.86. The van der Waals surface area contributed by atoms with E-state index in [9.17, 15) is 14.4 Å². The Morgan fingerprint density at radius 3 is 2.82 bits per heavy atom. The number of carbonyl (C=O) groups excluding carboxylic acids is 3. The van der Waals surface area contributed by atoms with Crippen molar-refractivity contribution in [2.45, 2.75) is 6.04 Å². The highest BCUT2D eigenvalue weighted by atomic mass is 16.3. The van der Waals surface area contributed by atoms with Gasteiger partial charge in [-0.15, -0.1) is 0 Å². The van der Waals surface area contributed by atoms with Crippen molar-refractivity contribution in [2.24, 2.45) is 0 Å². The molecule has 112 valence electrons. The zero-order valence-corrected chi connectivity index (χ0v) is 11.3. The fourth-order valence-electron chi connectivity index (χ4n) is 2.53. The summed E-state index contributed by atoms with van der Waals surface area (Å²) in [5.74, 6) is 0.340. The molecule has 3 N–H and O–H groups in total. The molecule has 2 aromatic heterocycles. The Kier molecular flexibility index (Phi) is 2.55. The highest BCUT2D eigenvalue weighted by Gasteiger charge is 2.34. The van der Waals surface area contributed by atoms with Gasteiger partial charge in [-0.3, -0.25) is 15.0 Å². The Bertz CT molecular complexity index is 814. The predicted molar refractivity (Wildman–Crippen MR) is 74.2 cm³/mol. The average molecular weight is 301 g/mol. The minimum atomic E-state index is -0.861. The number of rotatable bonds is 2. The number of hydrogen-bond donors (Lipinski definition) is 3. The minimum Gasteiger partial charge on any atom is -0.457 e. The first-order valence-electron chi connectivity index (χ1n) is 6.69. The molecule has 0 spiro atoms. The Morgan fingerprint density at radius 1 is 1.27 bits per heavy atom. The van der Waals surface area contributed by atoms with Crippen LogP contribution in [0.15, 0.2) is 22.6 Å². The van der Waals surface area contributed by atoms with E-state index in [1.807, 2.05) is 0 Å². The van der Waals surface area contributed by atoms with Crippen LogP contribution < -0.4 is 20.9 Å². The summed E-state index contributed by atoms with van der Waals surface area (Å²) in [5, 5.41) is 7.30. The van der Waals surface area contributed by atoms with Crippen LogP contribution in [0.25, 0.3) is 11.1 Å². The SMILES string of the molecule is O=C1NC(=O)C(c2cc3nc(N4CCNC4=O)ccc3o2)N1. The van der Waals surface area contributed by atoms with E-state index in [1.54, 1.807) is 18.2 Å². The third-order valence-electron chi connectivity index (χ3n) is 3.57. The van der Waals surface area contributed by atoms with E-state index in [1.165, 1.54) is 4.90 Å². The summed E-state index contributed by atoms with van der Waals surface area (Å²) in [6.07, 6.45) is 0. The smallest absolute Gasteiger partial charge is 0.323 e. The van der Waals surface area contributed by atoms with Gasteiger partial charge in [0, 0.05) is 19.2 Å². The lowest BCUT2D eigenvalue weighted by Crippen LogP contribution is -2.28. The Labute approximate surface area is 123 Å². The maximum Gasteiger partial charge on any atom is 0.323 e. The van der Waals surface area contributed by atoms with Crippen LogP contribution in [0.2, 0.25) is 0 Å². The van der Waals surface area contributed by atoms with E-state index in [-0.39, 0.29) is 6.03 Å². The van der Waals surface area contributed by atoms with Crippen LogP contribution in [-0.2, 0) is 4.79 Å². The zero-order valence-electron chi connectivity index (χ0n) is 11.3. The number of nitrogens with zero attached hydrogens (tertiary/aromatic N) is 2. The minimum absolute atomic E-state index is 0.196. The summed E-state index contributed by atoms with van der Waals surface area (Å²) in [6.45, 7) is 1.12. The van der Waals surface area contributed by atoms with Crippen LogP contribution in [0, 0.1) is 0 Å². The maximum absolute atomic E-state index is 11.7. The maximum atomic E-state index is 11.7. The van der Waals surface area contributed by atoms with E-state index in [0.717, 1.165) is 0 Å². The number of fused-ring (bicyclic) bond motifs is 1. The lowest BCUT2D eigenvalue weighted by Gasteiger charge is -2.12. The second-order valence-electron chi connectivity index (χ2n) is 4.98. The molecule has 0 bridgehead atoms. The number of nitrogens with one attached hydrogen (secondary N) is 3. The van der Waals surface area contributed by atoms with Crippen molar-refractivity contribution in [1.29, 1.82) is 0 Å². The topological polar surface area (TPSA) is 117 Å². The molecule has 4 rings (SSSR count). The number of furan rings is 1. The standard InChI is InChI=1S/C13H11N5O4/c19-11-10(16-12(20)17-11)8-5-6-7(22-8)1-2-9(15-6)18-4-3-14-13(18)21/h1-2,5,10H,3-4H2,(H,14,21)(H2,16,17,19,20). The molecule has 9 heteroatoms. The van der Waals surface area contributed by atoms with Gasteiger partial charge in [0.1, 0.15) is 17.1 Å². The van der Waals surface area contributed by atoms with Crippen LogP contribution >= 0.6 is 0 Å². The second-order valence-corrected chi connectivity index (χ2v) is 4.98. The monoisotopic (exact) mass is 301 g/mol. The summed E-state index contributed by atoms with van der Waals surface area (Å²) < 4.78 is 5.56. The summed E-state index contributed by atoms with van der Waals surface area (Å²) >= 11 is 0. The molecule has 2 aliphatic heterocycles. The van der Waals surface area contributed by atoms with Gasteiger partial charge in [-0.25, -0.2) is 14.6 Å². The fraction of sp³-hybridized carbons (Fsp3) is 0.231. The van der Waals surface area contributed by atoms with Gasteiger partial charge >= 0.3 is 12.1 Å². The molecule has 4 heterocycles. The van der Waals surface area contributed by atoms with Crippen LogP contribution in [0.1, 0.15) is 11.8 Å². The largest absolute Gasteiger partial charge is 0.457 e. The second kappa shape index (κ2) is 4.45. The van der Waals surface area contributed by atoms with Crippen molar-refractivity contribution in [2.75, 3.05) is 18.0 Å². The molecule has 9 nitrogen and oxygen atoms in total. The van der Waals surface area contributed by atoms with Crippen LogP contribution in [0.4, 0.5) is 15.4 Å². The zero-order chi connectivity index (χ0) is 15.3. The molecular weight excluding hydrogens is 290 g/mol. The first-order chi connectivity index (χ1) is 10.6. The van der Waals surface area contributed by atoms with Crippen molar-refractivity contribution in [3.8, 4) is 0 Å². The predicted octanol–water partition coefficient (Wildman–Crippen LogP) is 0.238. The molecule has 0 radical (unpaired) electrons. The van der Waals surface area contributed by atoms with Crippen molar-refractivity contribution in [1.82, 2.24) is 20.9 Å². The van der Waals surface area contributed by atoms with Crippen LogP contribution in [-0.4, -0.2) is 36.0 Å². The molecule has 1 atom stereocenters. The molecule has 2 saturated heterocycles. The van der Waals surface area contributed by atoms with Gasteiger partial charge in [0.25, 0.3) is 5.91 Å². The molecule has 0 aromatic carbocycles. The van der Waals surface area contributed by atoms with Crippen molar-refractivity contribution < 1.29 is 18.8 Å². The van der Waals surface area contributed by atoms with Gasteiger partial charge in [-0.05, 0) is 12.1 Å². The highest BCUT2D eigenvalue weighted by Crippen LogP contribution is 2.26. The lowest BCUT2D eigenvalue weighted by atomic mass is 10.2. The van der Waals surface area contributed by atoms with E-state index < -0.39 is 18.0 Å². The number of urea groups is 2. The molecule has 5 amide bonds. The molecule has 1 unspecified atom stereocenters. The van der Waals surface area contributed by atoms with Crippen LogP contribution in [0.3, 0.4) is 0 Å². The third-order valence-corrected chi connectivity index (χ3v) is 3.57. The summed E-state index contributed by atoms with van der Waals surface area (Å²) in [7, 11) is 0. The molecule has 2 fully saturated rings. The van der Waals surface area contributed by atoms with E-state index in [4.69, 9.17) is 4.42 Å². The Balaban J connectivity index is 1.71. The molecular formula is C13H11N5O4. The van der Waals surface area contributed by atoms with Gasteiger partial charge in [0.15, 0.2) is 11.6 Å². The van der Waals surface area contributed by atoms with Gasteiger partial charge in [-0.1, -0.05) is 0 Å². The molecule has 2 aromatic rings. The van der Waals surface area contributed by atoms with Crippen molar-refractivity contribution in [3.63, 3.8) is 0 Å². The first-order valence-corrected chi connectivity index (χ1v) is 6.69. The normalized spacial score (nSPS) is 21.2. The number of carbonyl (C=O) groups is 3. The molecule has 22 heavy (non-hydrogen) atoms. The summed E-state index contributed by atoms with van der Waals surface area (Å²) in [4.78, 5) is 40.4. The number of imide groups is 1. The van der Waals surface area contributed by atoms with E-state index in [2.05, 4.69) is 20.9 Å². The fourth-order valence-corrected chi connectivity index (χ4v) is 2.53. The van der Waals surface area contributed by atoms with Crippen molar-refractivity contribution in [3.05, 3.63) is 24.0 Å². The van der Waals surface area contributed by atoms with Crippen molar-refractivity contribution >= 4 is 34.9 Å². The Morgan fingerprint density at radius 2 is 2.14 bits per heavy atom. The molecule has 0 saturated carbocycles. The van der Waals surface area contributed by atoms with E-state index in [0.29, 0.717) is 35.8 Å². The van der Waals surface area contributed by atoms with Gasteiger partial charge in [0.05, 0.1) is 0 Å². The number of aromatic nitrogens is 1. The van der Waals surface area contributed by atoms with Gasteiger partial charge in [0.2, 0.25) is 0 Å². The summed E-state index contributed by atoms with van der Waals surface area (Å²) in [6, 6.07) is 3.33. The molecule has 0 aliphatic carbocycles. The number of hydrogen-bond acceptors (Lipinski definition) is 5. The number of amides is 5. The summed E-state index contributed by atoms with van der Waals surface area (Å²) in [5.41, 5.74) is 0.994. The van der Waals surface area contributed by atoms with Crippen LogP contribution in [0.5, 0.6) is 0 Å². The van der Waals surface area contributed by atoms with Gasteiger partial charge < -0.3 is 15.1 Å². The number of pyridine rings is 1. The average Bonchev–Trinajstić information content (AvgIpc) is 3.16. The molecule has 2 aliphatic rings.